The maximum Gasteiger partial charge on any atom is 0.129 e. The zero-order chi connectivity index (χ0) is 14.5. The van der Waals surface area contributed by atoms with Crippen LogP contribution in [0, 0.1) is 5.82 Å². The van der Waals surface area contributed by atoms with Crippen molar-refractivity contribution in [3.05, 3.63) is 35.6 Å². The fourth-order valence-corrected chi connectivity index (χ4v) is 1.76. The minimum absolute atomic E-state index is 0.252. The molecule has 0 aliphatic rings. The van der Waals surface area contributed by atoms with Gasteiger partial charge in [0.15, 0.2) is 0 Å². The van der Waals surface area contributed by atoms with E-state index in [0.29, 0.717) is 12.2 Å². The minimum atomic E-state index is -0.436. The van der Waals surface area contributed by atoms with Crippen LogP contribution in [-0.2, 0) is 9.47 Å². The van der Waals surface area contributed by atoms with Crippen molar-refractivity contribution in [3.63, 3.8) is 0 Å². The van der Waals surface area contributed by atoms with Gasteiger partial charge in [0.25, 0.3) is 0 Å². The Morgan fingerprint density at radius 1 is 1.32 bits per heavy atom. The maximum absolute atomic E-state index is 13.8. The second-order valence-corrected chi connectivity index (χ2v) is 5.39. The molecule has 0 aliphatic carbocycles. The average molecular weight is 269 g/mol. The van der Waals surface area contributed by atoms with E-state index in [1.165, 1.54) is 6.07 Å². The lowest BCUT2D eigenvalue weighted by atomic mass is 10.0. The Morgan fingerprint density at radius 3 is 2.47 bits per heavy atom. The summed E-state index contributed by atoms with van der Waals surface area (Å²) >= 11 is 0. The first-order valence-electron chi connectivity index (χ1n) is 6.54. The maximum atomic E-state index is 13.8. The SMILES string of the molecule is COC(C)(C)CCOC(c1ccccc1F)C(C)N. The fraction of sp³-hybridized carbons (Fsp3) is 0.600. The van der Waals surface area contributed by atoms with Gasteiger partial charge in [-0.3, -0.25) is 0 Å². The Morgan fingerprint density at radius 2 is 1.95 bits per heavy atom. The molecule has 3 nitrogen and oxygen atoms in total. The van der Waals surface area contributed by atoms with Crippen LogP contribution < -0.4 is 5.73 Å². The Balaban J connectivity index is 2.68. The van der Waals surface area contributed by atoms with Crippen molar-refractivity contribution >= 4 is 0 Å². The van der Waals surface area contributed by atoms with Crippen molar-refractivity contribution < 1.29 is 13.9 Å². The largest absolute Gasteiger partial charge is 0.379 e. The van der Waals surface area contributed by atoms with E-state index in [4.69, 9.17) is 15.2 Å². The third-order valence-electron chi connectivity index (χ3n) is 3.24. The summed E-state index contributed by atoms with van der Waals surface area (Å²) in [6.07, 6.45) is 0.287. The van der Waals surface area contributed by atoms with E-state index in [9.17, 15) is 4.39 Å². The van der Waals surface area contributed by atoms with Gasteiger partial charge >= 0.3 is 0 Å². The molecule has 0 saturated heterocycles. The normalized spacial score (nSPS) is 15.3. The molecule has 19 heavy (non-hydrogen) atoms. The van der Waals surface area contributed by atoms with Gasteiger partial charge in [0.1, 0.15) is 11.9 Å². The van der Waals surface area contributed by atoms with Gasteiger partial charge in [-0.05, 0) is 33.3 Å². The molecule has 0 radical (unpaired) electrons. The predicted octanol–water partition coefficient (Wildman–Crippen LogP) is 3.05. The number of halogens is 1. The topological polar surface area (TPSA) is 44.5 Å². The molecule has 1 rings (SSSR count). The third kappa shape index (κ3) is 4.90. The van der Waals surface area contributed by atoms with E-state index in [-0.39, 0.29) is 17.5 Å². The third-order valence-corrected chi connectivity index (χ3v) is 3.24. The first-order chi connectivity index (χ1) is 8.87. The van der Waals surface area contributed by atoms with Gasteiger partial charge in [-0.1, -0.05) is 18.2 Å². The number of nitrogens with two attached hydrogens (primary N) is 1. The number of hydrogen-bond donors (Lipinski definition) is 1. The number of benzene rings is 1. The summed E-state index contributed by atoms with van der Waals surface area (Å²) in [7, 11) is 1.67. The smallest absolute Gasteiger partial charge is 0.129 e. The molecule has 1 aromatic rings. The molecule has 0 heterocycles. The summed E-state index contributed by atoms with van der Waals surface area (Å²) in [6.45, 7) is 6.26. The monoisotopic (exact) mass is 269 g/mol. The van der Waals surface area contributed by atoms with Crippen molar-refractivity contribution in [2.45, 2.75) is 44.9 Å². The van der Waals surface area contributed by atoms with Crippen molar-refractivity contribution in [1.82, 2.24) is 0 Å². The first-order valence-corrected chi connectivity index (χ1v) is 6.54. The second-order valence-electron chi connectivity index (χ2n) is 5.39. The summed E-state index contributed by atoms with van der Waals surface area (Å²) in [4.78, 5) is 0. The lowest BCUT2D eigenvalue weighted by molar-refractivity contribution is -0.0324. The summed E-state index contributed by atoms with van der Waals surface area (Å²) in [5.41, 5.74) is 6.15. The molecule has 108 valence electrons. The molecule has 0 amide bonds. The quantitative estimate of drug-likeness (QED) is 0.827. The van der Waals surface area contributed by atoms with Gasteiger partial charge in [-0.25, -0.2) is 4.39 Å². The van der Waals surface area contributed by atoms with Crippen LogP contribution in [0.25, 0.3) is 0 Å². The number of methoxy groups -OCH3 is 1. The average Bonchev–Trinajstić information content (AvgIpc) is 2.35. The van der Waals surface area contributed by atoms with Crippen LogP contribution >= 0.6 is 0 Å². The molecular weight excluding hydrogens is 245 g/mol. The van der Waals surface area contributed by atoms with Crippen LogP contribution in [0.15, 0.2) is 24.3 Å². The highest BCUT2D eigenvalue weighted by molar-refractivity contribution is 5.21. The molecule has 2 atom stereocenters. The van der Waals surface area contributed by atoms with Crippen LogP contribution in [-0.4, -0.2) is 25.4 Å². The Labute approximate surface area is 114 Å². The first kappa shape index (κ1) is 16.1. The van der Waals surface area contributed by atoms with Crippen LogP contribution in [0.2, 0.25) is 0 Å². The lowest BCUT2D eigenvalue weighted by Gasteiger charge is -2.26. The Hall–Kier alpha value is -0.970. The van der Waals surface area contributed by atoms with Gasteiger partial charge in [0.2, 0.25) is 0 Å². The van der Waals surface area contributed by atoms with Gasteiger partial charge < -0.3 is 15.2 Å². The molecule has 0 aliphatic heterocycles. The number of ether oxygens (including phenoxy) is 2. The van der Waals surface area contributed by atoms with Crippen LogP contribution in [0.4, 0.5) is 4.39 Å². The zero-order valence-corrected chi connectivity index (χ0v) is 12.2. The molecule has 0 aromatic heterocycles. The molecule has 0 spiro atoms. The van der Waals surface area contributed by atoms with Crippen molar-refractivity contribution in [2.24, 2.45) is 5.73 Å². The molecule has 0 fully saturated rings. The summed E-state index contributed by atoms with van der Waals surface area (Å²) in [6, 6.07) is 6.31. The standard InChI is InChI=1S/C15H24FNO2/c1-11(17)14(12-7-5-6-8-13(12)16)19-10-9-15(2,3)18-4/h5-8,11,14H,9-10,17H2,1-4H3. The molecule has 4 heteroatoms. The van der Waals surface area contributed by atoms with E-state index in [2.05, 4.69) is 0 Å². The van der Waals surface area contributed by atoms with Gasteiger partial charge in [0, 0.05) is 18.7 Å². The minimum Gasteiger partial charge on any atom is -0.379 e. The molecule has 2 unspecified atom stereocenters. The fourth-order valence-electron chi connectivity index (χ4n) is 1.76. The van der Waals surface area contributed by atoms with E-state index in [1.54, 1.807) is 25.3 Å². The number of rotatable bonds is 7. The van der Waals surface area contributed by atoms with Gasteiger partial charge in [-0.15, -0.1) is 0 Å². The van der Waals surface area contributed by atoms with Crippen molar-refractivity contribution in [2.75, 3.05) is 13.7 Å². The number of hydrogen-bond acceptors (Lipinski definition) is 3. The van der Waals surface area contributed by atoms with Gasteiger partial charge in [-0.2, -0.15) is 0 Å². The predicted molar refractivity (Wildman–Crippen MR) is 74.4 cm³/mol. The summed E-state index contributed by atoms with van der Waals surface area (Å²) in [5.74, 6) is -0.282. The molecule has 0 saturated carbocycles. The summed E-state index contributed by atoms with van der Waals surface area (Å²) in [5, 5.41) is 0. The Kier molecular flexibility index (Phi) is 5.91. The summed E-state index contributed by atoms with van der Waals surface area (Å²) < 4.78 is 24.9. The van der Waals surface area contributed by atoms with Crippen molar-refractivity contribution in [3.8, 4) is 0 Å². The highest BCUT2D eigenvalue weighted by Gasteiger charge is 2.22. The highest BCUT2D eigenvalue weighted by atomic mass is 19.1. The van der Waals surface area contributed by atoms with E-state index < -0.39 is 6.10 Å². The van der Waals surface area contributed by atoms with E-state index in [1.807, 2.05) is 20.8 Å². The van der Waals surface area contributed by atoms with E-state index in [0.717, 1.165) is 6.42 Å². The molecule has 1 aromatic carbocycles. The highest BCUT2D eigenvalue weighted by Crippen LogP contribution is 2.24. The van der Waals surface area contributed by atoms with Crippen LogP contribution in [0.5, 0.6) is 0 Å². The molecule has 2 N–H and O–H groups in total. The van der Waals surface area contributed by atoms with Crippen LogP contribution in [0.3, 0.4) is 0 Å². The van der Waals surface area contributed by atoms with E-state index >= 15 is 0 Å². The van der Waals surface area contributed by atoms with Gasteiger partial charge in [0.05, 0.1) is 12.2 Å². The molecular formula is C15H24FNO2. The Bertz CT molecular complexity index is 393. The second kappa shape index (κ2) is 6.98. The molecule has 0 bridgehead atoms. The zero-order valence-electron chi connectivity index (χ0n) is 12.2. The van der Waals surface area contributed by atoms with Crippen molar-refractivity contribution in [1.29, 1.82) is 0 Å². The van der Waals surface area contributed by atoms with Crippen LogP contribution in [0.1, 0.15) is 38.9 Å². The lowest BCUT2D eigenvalue weighted by Crippen LogP contribution is -2.30.